The molecule has 0 aromatic heterocycles. The summed E-state index contributed by atoms with van der Waals surface area (Å²) < 4.78 is 5.46. The SMILES string of the molecule is OC[C@@H]1CN(Cc2ccc(-c3ccccc3)cc2)C[C@@H]1CN1CCOCC1. The first-order valence-corrected chi connectivity index (χ1v) is 10.1. The highest BCUT2D eigenvalue weighted by Gasteiger charge is 2.33. The molecular formula is C23H30N2O2. The second-order valence-corrected chi connectivity index (χ2v) is 7.87. The van der Waals surface area contributed by atoms with Gasteiger partial charge in [-0.2, -0.15) is 0 Å². The minimum Gasteiger partial charge on any atom is -0.396 e. The van der Waals surface area contributed by atoms with E-state index in [9.17, 15) is 5.11 Å². The zero-order valence-electron chi connectivity index (χ0n) is 16.0. The van der Waals surface area contributed by atoms with Crippen LogP contribution in [-0.4, -0.2) is 67.5 Å². The molecule has 144 valence electrons. The van der Waals surface area contributed by atoms with Crippen LogP contribution in [0, 0.1) is 11.8 Å². The Balaban J connectivity index is 1.35. The van der Waals surface area contributed by atoms with Crippen LogP contribution < -0.4 is 0 Å². The summed E-state index contributed by atoms with van der Waals surface area (Å²) in [5, 5.41) is 9.84. The standard InChI is InChI=1S/C23H30N2O2/c26-18-23-17-25(16-22(23)15-24-10-12-27-13-11-24)14-19-6-8-21(9-7-19)20-4-2-1-3-5-20/h1-9,22-23,26H,10-18H2/t22-,23-/m0/s1. The van der Waals surface area contributed by atoms with Gasteiger partial charge in [0.05, 0.1) is 13.2 Å². The maximum atomic E-state index is 9.84. The molecule has 2 aliphatic heterocycles. The maximum Gasteiger partial charge on any atom is 0.0594 e. The molecule has 4 rings (SSSR count). The lowest BCUT2D eigenvalue weighted by Crippen LogP contribution is -2.41. The second kappa shape index (κ2) is 8.98. The minimum absolute atomic E-state index is 0.290. The molecule has 2 heterocycles. The first-order chi connectivity index (χ1) is 13.3. The van der Waals surface area contributed by atoms with Crippen molar-refractivity contribution in [3.8, 4) is 11.1 Å². The Morgan fingerprint density at radius 3 is 2.19 bits per heavy atom. The van der Waals surface area contributed by atoms with E-state index < -0.39 is 0 Å². The van der Waals surface area contributed by atoms with Crippen molar-refractivity contribution in [1.29, 1.82) is 0 Å². The van der Waals surface area contributed by atoms with Crippen molar-refractivity contribution in [2.24, 2.45) is 11.8 Å². The van der Waals surface area contributed by atoms with Crippen LogP contribution in [0.2, 0.25) is 0 Å². The number of aliphatic hydroxyl groups is 1. The molecule has 1 N–H and O–H groups in total. The average molecular weight is 367 g/mol. The predicted octanol–water partition coefficient (Wildman–Crippen LogP) is 2.73. The number of benzene rings is 2. The third kappa shape index (κ3) is 4.77. The van der Waals surface area contributed by atoms with Gasteiger partial charge in [-0.3, -0.25) is 9.80 Å². The average Bonchev–Trinajstić information content (AvgIpc) is 3.11. The molecule has 2 saturated heterocycles. The fourth-order valence-electron chi connectivity index (χ4n) is 4.39. The Labute approximate surface area is 162 Å². The van der Waals surface area contributed by atoms with Crippen LogP contribution in [0.5, 0.6) is 0 Å². The number of nitrogens with zero attached hydrogens (tertiary/aromatic N) is 2. The van der Waals surface area contributed by atoms with Crippen molar-refractivity contribution < 1.29 is 9.84 Å². The van der Waals surface area contributed by atoms with Gasteiger partial charge in [0.25, 0.3) is 0 Å². The summed E-state index contributed by atoms with van der Waals surface area (Å²) in [5.41, 5.74) is 3.87. The van der Waals surface area contributed by atoms with Crippen LogP contribution in [0.15, 0.2) is 54.6 Å². The highest BCUT2D eigenvalue weighted by Crippen LogP contribution is 2.27. The van der Waals surface area contributed by atoms with E-state index in [0.29, 0.717) is 18.4 Å². The summed E-state index contributed by atoms with van der Waals surface area (Å²) in [7, 11) is 0. The normalized spacial score (nSPS) is 24.3. The van der Waals surface area contributed by atoms with E-state index in [1.165, 1.54) is 16.7 Å². The summed E-state index contributed by atoms with van der Waals surface area (Å²) in [4.78, 5) is 5.00. The van der Waals surface area contributed by atoms with Crippen LogP contribution in [0.4, 0.5) is 0 Å². The van der Waals surface area contributed by atoms with E-state index in [1.54, 1.807) is 0 Å². The number of morpholine rings is 1. The molecule has 2 fully saturated rings. The summed E-state index contributed by atoms with van der Waals surface area (Å²) in [6.45, 7) is 8.13. The van der Waals surface area contributed by atoms with E-state index in [4.69, 9.17) is 4.74 Å². The van der Waals surface area contributed by atoms with Crippen LogP contribution in [0.25, 0.3) is 11.1 Å². The fraction of sp³-hybridized carbons (Fsp3) is 0.478. The van der Waals surface area contributed by atoms with Gasteiger partial charge in [0, 0.05) is 45.9 Å². The van der Waals surface area contributed by atoms with Gasteiger partial charge in [0.1, 0.15) is 0 Å². The Morgan fingerprint density at radius 2 is 1.48 bits per heavy atom. The third-order valence-electron chi connectivity index (χ3n) is 5.95. The topological polar surface area (TPSA) is 35.9 Å². The molecule has 2 atom stereocenters. The van der Waals surface area contributed by atoms with Crippen LogP contribution in [0.1, 0.15) is 5.56 Å². The van der Waals surface area contributed by atoms with Crippen LogP contribution in [0.3, 0.4) is 0 Å². The molecule has 4 heteroatoms. The number of rotatable bonds is 6. The lowest BCUT2D eigenvalue weighted by molar-refractivity contribution is 0.0264. The van der Waals surface area contributed by atoms with E-state index in [1.807, 2.05) is 0 Å². The Morgan fingerprint density at radius 1 is 0.815 bits per heavy atom. The highest BCUT2D eigenvalue weighted by molar-refractivity contribution is 5.63. The van der Waals surface area contributed by atoms with Gasteiger partial charge in [0.2, 0.25) is 0 Å². The lowest BCUT2D eigenvalue weighted by atomic mass is 9.96. The first kappa shape index (κ1) is 18.6. The van der Waals surface area contributed by atoms with Crippen molar-refractivity contribution in [2.75, 3.05) is 52.5 Å². The van der Waals surface area contributed by atoms with E-state index >= 15 is 0 Å². The number of aliphatic hydroxyl groups excluding tert-OH is 1. The molecule has 0 amide bonds. The van der Waals surface area contributed by atoms with Crippen LogP contribution in [-0.2, 0) is 11.3 Å². The summed E-state index contributed by atoms with van der Waals surface area (Å²) >= 11 is 0. The molecule has 2 aliphatic rings. The monoisotopic (exact) mass is 366 g/mol. The molecular weight excluding hydrogens is 336 g/mol. The van der Waals surface area contributed by atoms with Gasteiger partial charge >= 0.3 is 0 Å². The zero-order valence-corrected chi connectivity index (χ0v) is 16.0. The van der Waals surface area contributed by atoms with E-state index in [-0.39, 0.29) is 0 Å². The number of hydrogen-bond acceptors (Lipinski definition) is 4. The number of ether oxygens (including phenoxy) is 1. The fourth-order valence-corrected chi connectivity index (χ4v) is 4.39. The van der Waals surface area contributed by atoms with Gasteiger partial charge in [-0.05, 0) is 28.5 Å². The Bertz CT molecular complexity index is 698. The van der Waals surface area contributed by atoms with Gasteiger partial charge < -0.3 is 9.84 Å². The molecule has 0 bridgehead atoms. The van der Waals surface area contributed by atoms with Gasteiger partial charge in [-0.15, -0.1) is 0 Å². The largest absolute Gasteiger partial charge is 0.396 e. The summed E-state index contributed by atoms with van der Waals surface area (Å²) in [6, 6.07) is 19.4. The van der Waals surface area contributed by atoms with Crippen molar-refractivity contribution in [3.63, 3.8) is 0 Å². The minimum atomic E-state index is 0.290. The molecule has 0 aliphatic carbocycles. The van der Waals surface area contributed by atoms with Crippen LogP contribution >= 0.6 is 0 Å². The molecule has 27 heavy (non-hydrogen) atoms. The summed E-state index contributed by atoms with van der Waals surface area (Å²) in [5.74, 6) is 0.938. The van der Waals surface area contributed by atoms with Crippen molar-refractivity contribution in [1.82, 2.24) is 9.80 Å². The third-order valence-corrected chi connectivity index (χ3v) is 5.95. The predicted molar refractivity (Wildman–Crippen MR) is 108 cm³/mol. The van der Waals surface area contributed by atoms with Crippen molar-refractivity contribution in [2.45, 2.75) is 6.54 Å². The molecule has 0 radical (unpaired) electrons. The zero-order chi connectivity index (χ0) is 18.5. The molecule has 2 aromatic rings. The van der Waals surface area contributed by atoms with Gasteiger partial charge in [-0.25, -0.2) is 0 Å². The number of likely N-dealkylation sites (tertiary alicyclic amines) is 1. The van der Waals surface area contributed by atoms with E-state index in [0.717, 1.165) is 52.5 Å². The van der Waals surface area contributed by atoms with Gasteiger partial charge in [0.15, 0.2) is 0 Å². The number of hydrogen-bond donors (Lipinski definition) is 1. The Hall–Kier alpha value is -1.72. The van der Waals surface area contributed by atoms with Crippen molar-refractivity contribution in [3.05, 3.63) is 60.2 Å². The van der Waals surface area contributed by atoms with E-state index in [2.05, 4.69) is 64.4 Å². The quantitative estimate of drug-likeness (QED) is 0.853. The maximum absolute atomic E-state index is 9.84. The molecule has 0 unspecified atom stereocenters. The lowest BCUT2D eigenvalue weighted by Gasteiger charge is -2.30. The Kier molecular flexibility index (Phi) is 6.20. The summed E-state index contributed by atoms with van der Waals surface area (Å²) in [6.07, 6.45) is 0. The van der Waals surface area contributed by atoms with Crippen molar-refractivity contribution >= 4 is 0 Å². The molecule has 4 nitrogen and oxygen atoms in total. The highest BCUT2D eigenvalue weighted by atomic mass is 16.5. The molecule has 2 aromatic carbocycles. The molecule has 0 spiro atoms. The van der Waals surface area contributed by atoms with Gasteiger partial charge in [-0.1, -0.05) is 54.6 Å². The second-order valence-electron chi connectivity index (χ2n) is 7.87. The first-order valence-electron chi connectivity index (χ1n) is 10.1. The smallest absolute Gasteiger partial charge is 0.0594 e. The molecule has 0 saturated carbocycles.